The Bertz CT molecular complexity index is 729. The zero-order chi connectivity index (χ0) is 17.5. The molecule has 0 unspecified atom stereocenters. The molecule has 0 bridgehead atoms. The maximum absolute atomic E-state index is 6.04. The number of ether oxygens (including phenoxy) is 1. The van der Waals surface area contributed by atoms with Crippen LogP contribution in [0.15, 0.2) is 24.7 Å². The summed E-state index contributed by atoms with van der Waals surface area (Å²) in [5.41, 5.74) is 6.85. The second kappa shape index (κ2) is 5.79. The molecule has 0 amide bonds. The van der Waals surface area contributed by atoms with E-state index in [9.17, 15) is 0 Å². The average molecular weight is 330 g/mol. The van der Waals surface area contributed by atoms with Crippen molar-refractivity contribution >= 4 is 18.4 Å². The van der Waals surface area contributed by atoms with Crippen LogP contribution in [0.5, 0.6) is 5.75 Å². The molecule has 2 N–H and O–H groups in total. The molecule has 24 heavy (non-hydrogen) atoms. The second-order valence-electron chi connectivity index (χ2n) is 7.05. The van der Waals surface area contributed by atoms with Crippen LogP contribution in [0, 0.1) is 0 Å². The lowest BCUT2D eigenvalue weighted by Crippen LogP contribution is -2.41. The van der Waals surface area contributed by atoms with Crippen molar-refractivity contribution in [3.63, 3.8) is 0 Å². The third-order valence-corrected chi connectivity index (χ3v) is 4.58. The van der Waals surface area contributed by atoms with Crippen LogP contribution >= 0.6 is 0 Å². The molecule has 3 rings (SSSR count). The largest absolute Gasteiger partial charge is 0.496 e. The minimum absolute atomic E-state index is 0.333. The van der Waals surface area contributed by atoms with Gasteiger partial charge in [-0.05, 0) is 33.8 Å². The SMILES string of the molecule is Cn1cc(COc2cc(B3OC(C)(C)C(C)(C)O3)cnc2N)cn1. The highest BCUT2D eigenvalue weighted by atomic mass is 16.7. The van der Waals surface area contributed by atoms with Gasteiger partial charge in [0.05, 0.1) is 17.4 Å². The van der Waals surface area contributed by atoms with Gasteiger partial charge in [-0.1, -0.05) is 0 Å². The molecule has 8 heteroatoms. The summed E-state index contributed by atoms with van der Waals surface area (Å²) in [6, 6.07) is 1.82. The summed E-state index contributed by atoms with van der Waals surface area (Å²) in [6.07, 6.45) is 5.30. The zero-order valence-electron chi connectivity index (χ0n) is 14.7. The molecule has 2 aromatic heterocycles. The Morgan fingerprint density at radius 3 is 2.46 bits per heavy atom. The van der Waals surface area contributed by atoms with Crippen molar-refractivity contribution in [2.45, 2.75) is 45.5 Å². The highest BCUT2D eigenvalue weighted by Gasteiger charge is 2.51. The molecule has 0 aliphatic carbocycles. The van der Waals surface area contributed by atoms with E-state index >= 15 is 0 Å². The number of aryl methyl sites for hydroxylation is 1. The Kier molecular flexibility index (Phi) is 4.05. The lowest BCUT2D eigenvalue weighted by molar-refractivity contribution is 0.00578. The summed E-state index contributed by atoms with van der Waals surface area (Å²) in [6.45, 7) is 8.41. The lowest BCUT2D eigenvalue weighted by Gasteiger charge is -2.32. The van der Waals surface area contributed by atoms with E-state index in [1.165, 1.54) is 0 Å². The normalized spacial score (nSPS) is 18.8. The molecule has 0 atom stereocenters. The van der Waals surface area contributed by atoms with E-state index in [4.69, 9.17) is 19.8 Å². The molecule has 0 aromatic carbocycles. The van der Waals surface area contributed by atoms with Crippen LogP contribution in [-0.2, 0) is 23.0 Å². The highest BCUT2D eigenvalue weighted by Crippen LogP contribution is 2.36. The monoisotopic (exact) mass is 330 g/mol. The summed E-state index contributed by atoms with van der Waals surface area (Å²) in [4.78, 5) is 4.21. The molecule has 0 spiro atoms. The van der Waals surface area contributed by atoms with Gasteiger partial charge in [-0.3, -0.25) is 4.68 Å². The zero-order valence-corrected chi connectivity index (χ0v) is 14.7. The van der Waals surface area contributed by atoms with Crippen molar-refractivity contribution in [1.29, 1.82) is 0 Å². The van der Waals surface area contributed by atoms with Gasteiger partial charge in [-0.2, -0.15) is 5.10 Å². The highest BCUT2D eigenvalue weighted by molar-refractivity contribution is 6.62. The fourth-order valence-electron chi connectivity index (χ4n) is 2.40. The lowest BCUT2D eigenvalue weighted by atomic mass is 9.80. The number of rotatable bonds is 4. The average Bonchev–Trinajstić information content (AvgIpc) is 2.99. The second-order valence-corrected chi connectivity index (χ2v) is 7.05. The molecule has 1 saturated heterocycles. The van der Waals surface area contributed by atoms with E-state index in [0.29, 0.717) is 18.2 Å². The number of pyridine rings is 1. The minimum Gasteiger partial charge on any atom is -0.485 e. The minimum atomic E-state index is -0.496. The Balaban J connectivity index is 1.77. The summed E-state index contributed by atoms with van der Waals surface area (Å²) >= 11 is 0. The quantitative estimate of drug-likeness (QED) is 0.850. The van der Waals surface area contributed by atoms with Crippen molar-refractivity contribution in [3.8, 4) is 5.75 Å². The number of nitrogens with two attached hydrogens (primary N) is 1. The van der Waals surface area contributed by atoms with Crippen LogP contribution in [-0.4, -0.2) is 33.1 Å². The van der Waals surface area contributed by atoms with Crippen LogP contribution in [0.3, 0.4) is 0 Å². The van der Waals surface area contributed by atoms with Crippen LogP contribution in [0.4, 0.5) is 5.82 Å². The van der Waals surface area contributed by atoms with Gasteiger partial charge in [0.1, 0.15) is 6.61 Å². The van der Waals surface area contributed by atoms with Crippen LogP contribution in [0.25, 0.3) is 0 Å². The van der Waals surface area contributed by atoms with E-state index in [-0.39, 0.29) is 0 Å². The molecular formula is C16H23BN4O3. The molecule has 0 saturated carbocycles. The molecule has 7 nitrogen and oxygen atoms in total. The number of hydrogen-bond donors (Lipinski definition) is 1. The Morgan fingerprint density at radius 1 is 1.21 bits per heavy atom. The van der Waals surface area contributed by atoms with E-state index in [1.807, 2.05) is 47.0 Å². The van der Waals surface area contributed by atoms with Crippen LogP contribution in [0.2, 0.25) is 0 Å². The molecular weight excluding hydrogens is 307 g/mol. The van der Waals surface area contributed by atoms with Gasteiger partial charge in [-0.15, -0.1) is 0 Å². The van der Waals surface area contributed by atoms with Gasteiger partial charge >= 0.3 is 7.12 Å². The number of aromatic nitrogens is 3. The summed E-state index contributed by atoms with van der Waals surface area (Å²) < 4.78 is 19.6. The topological polar surface area (TPSA) is 84.4 Å². The standard InChI is InChI=1S/C16H23BN4O3/c1-15(2)16(3,4)24-17(23-15)12-6-13(14(18)19-8-12)22-10-11-7-20-21(5)9-11/h6-9H,10H2,1-5H3,(H2,18,19). The van der Waals surface area contributed by atoms with Crippen molar-refractivity contribution < 1.29 is 14.0 Å². The summed E-state index contributed by atoms with van der Waals surface area (Å²) in [5.74, 6) is 0.838. The first-order chi connectivity index (χ1) is 11.2. The fraction of sp³-hybridized carbons (Fsp3) is 0.500. The number of nitrogen functional groups attached to an aromatic ring is 1. The van der Waals surface area contributed by atoms with Gasteiger partial charge in [0, 0.05) is 30.5 Å². The van der Waals surface area contributed by atoms with E-state index < -0.39 is 18.3 Å². The van der Waals surface area contributed by atoms with Crippen molar-refractivity contribution in [2.24, 2.45) is 7.05 Å². The van der Waals surface area contributed by atoms with Gasteiger partial charge < -0.3 is 19.8 Å². The maximum atomic E-state index is 6.04. The Labute approximate surface area is 142 Å². The van der Waals surface area contributed by atoms with Gasteiger partial charge in [0.15, 0.2) is 11.6 Å². The maximum Gasteiger partial charge on any atom is 0.496 e. The smallest absolute Gasteiger partial charge is 0.485 e. The molecule has 128 valence electrons. The summed E-state index contributed by atoms with van der Waals surface area (Å²) in [7, 11) is 1.36. The van der Waals surface area contributed by atoms with Crippen LogP contribution in [0.1, 0.15) is 33.3 Å². The molecule has 0 radical (unpaired) electrons. The fourth-order valence-corrected chi connectivity index (χ4v) is 2.40. The van der Waals surface area contributed by atoms with E-state index in [2.05, 4.69) is 10.1 Å². The third-order valence-electron chi connectivity index (χ3n) is 4.58. The van der Waals surface area contributed by atoms with E-state index in [0.717, 1.165) is 11.0 Å². The first-order valence-corrected chi connectivity index (χ1v) is 7.89. The third kappa shape index (κ3) is 3.11. The van der Waals surface area contributed by atoms with Gasteiger partial charge in [0.25, 0.3) is 0 Å². The van der Waals surface area contributed by atoms with Crippen LogP contribution < -0.4 is 15.9 Å². The Morgan fingerprint density at radius 2 is 1.88 bits per heavy atom. The van der Waals surface area contributed by atoms with Gasteiger partial charge in [0.2, 0.25) is 0 Å². The molecule has 3 heterocycles. The predicted molar refractivity (Wildman–Crippen MR) is 91.9 cm³/mol. The van der Waals surface area contributed by atoms with Crippen molar-refractivity contribution in [1.82, 2.24) is 14.8 Å². The predicted octanol–water partition coefficient (Wildman–Crippen LogP) is 1.28. The first-order valence-electron chi connectivity index (χ1n) is 7.89. The number of anilines is 1. The number of nitrogens with zero attached hydrogens (tertiary/aromatic N) is 3. The van der Waals surface area contributed by atoms with Crippen molar-refractivity contribution in [2.75, 3.05) is 5.73 Å². The molecule has 1 aliphatic rings. The van der Waals surface area contributed by atoms with Gasteiger partial charge in [-0.25, -0.2) is 4.98 Å². The molecule has 2 aromatic rings. The van der Waals surface area contributed by atoms with Crippen molar-refractivity contribution in [3.05, 3.63) is 30.2 Å². The number of hydrogen-bond acceptors (Lipinski definition) is 6. The molecule has 1 fully saturated rings. The molecule has 1 aliphatic heterocycles. The van der Waals surface area contributed by atoms with E-state index in [1.54, 1.807) is 17.1 Å². The summed E-state index contributed by atoms with van der Waals surface area (Å²) in [5, 5.41) is 4.11. The Hall–Kier alpha value is -2.06. The first kappa shape index (κ1) is 16.8.